The van der Waals surface area contributed by atoms with Gasteiger partial charge in [0, 0.05) is 27.7 Å². The highest BCUT2D eigenvalue weighted by Crippen LogP contribution is 2.35. The van der Waals surface area contributed by atoms with Crippen molar-refractivity contribution in [2.45, 2.75) is 58.4 Å². The minimum Gasteiger partial charge on any atom is -0.463 e. The lowest BCUT2D eigenvalue weighted by atomic mass is 9.98. The van der Waals surface area contributed by atoms with Gasteiger partial charge in [-0.3, -0.25) is 19.2 Å². The molecule has 2 aliphatic heterocycles. The van der Waals surface area contributed by atoms with E-state index in [0.717, 1.165) is 27.7 Å². The number of hydrogen-bond donors (Lipinski definition) is 0. The van der Waals surface area contributed by atoms with Crippen molar-refractivity contribution in [2.24, 2.45) is 5.92 Å². The molecule has 1 saturated heterocycles. The summed E-state index contributed by atoms with van der Waals surface area (Å²) in [7, 11) is -2.35. The van der Waals surface area contributed by atoms with Crippen molar-refractivity contribution in [3.8, 4) is 11.5 Å². The van der Waals surface area contributed by atoms with Gasteiger partial charge in [-0.25, -0.2) is 4.58 Å². The van der Waals surface area contributed by atoms with Gasteiger partial charge in [-0.2, -0.15) is 8.42 Å². The van der Waals surface area contributed by atoms with Crippen LogP contribution in [0.2, 0.25) is 0 Å². The first-order chi connectivity index (χ1) is 19.2. The van der Waals surface area contributed by atoms with Crippen molar-refractivity contribution in [3.05, 3.63) is 36.5 Å². The predicted molar refractivity (Wildman–Crippen MR) is 138 cm³/mol. The van der Waals surface area contributed by atoms with Gasteiger partial charge >= 0.3 is 34.0 Å². The number of rotatable bonds is 11. The first-order valence-corrected chi connectivity index (χ1v) is 14.1. The Morgan fingerprint density at radius 3 is 2.00 bits per heavy atom. The molecule has 1 fully saturated rings. The molecular formula is C26H32NO13S+. The largest absolute Gasteiger partial charge is 0.463 e. The Labute approximate surface area is 236 Å². The van der Waals surface area contributed by atoms with Crippen LogP contribution in [0.3, 0.4) is 0 Å². The van der Waals surface area contributed by atoms with E-state index in [1.807, 2.05) is 0 Å². The van der Waals surface area contributed by atoms with E-state index in [1.54, 1.807) is 30.1 Å². The zero-order valence-corrected chi connectivity index (χ0v) is 23.9. The highest BCUT2D eigenvalue weighted by molar-refractivity contribution is 7.87. The van der Waals surface area contributed by atoms with Crippen molar-refractivity contribution in [2.75, 3.05) is 19.4 Å². The summed E-state index contributed by atoms with van der Waals surface area (Å²) < 4.78 is 65.7. The molecular weight excluding hydrogens is 566 g/mol. The molecule has 1 aromatic rings. The number of allylic oxidation sites excluding steroid dienone is 1. The quantitative estimate of drug-likeness (QED) is 0.151. The lowest BCUT2D eigenvalue weighted by Gasteiger charge is -2.43. The Morgan fingerprint density at radius 2 is 1.44 bits per heavy atom. The van der Waals surface area contributed by atoms with E-state index in [1.165, 1.54) is 24.3 Å². The van der Waals surface area contributed by atoms with Gasteiger partial charge in [-0.15, -0.1) is 0 Å². The van der Waals surface area contributed by atoms with Crippen LogP contribution in [-0.2, 0) is 53.0 Å². The smallest absolute Gasteiger partial charge is 0.310 e. The number of carbonyl (C=O) groups excluding carboxylic acids is 4. The fraction of sp³-hybridized carbons (Fsp3) is 0.500. The van der Waals surface area contributed by atoms with E-state index < -0.39 is 77.2 Å². The number of nitrogens with zero attached hydrogens (tertiary/aromatic N) is 1. The fourth-order valence-electron chi connectivity index (χ4n) is 4.18. The molecule has 6 atom stereocenters. The third kappa shape index (κ3) is 9.28. The summed E-state index contributed by atoms with van der Waals surface area (Å²) in [6, 6.07) is 5.77. The van der Waals surface area contributed by atoms with Crippen molar-refractivity contribution < 1.29 is 64.8 Å². The molecule has 0 amide bonds. The number of carbonyl (C=O) groups is 4. The van der Waals surface area contributed by atoms with Crippen molar-refractivity contribution in [1.82, 2.24) is 0 Å². The fourth-order valence-corrected chi connectivity index (χ4v) is 5.33. The second kappa shape index (κ2) is 13.6. The second-order valence-corrected chi connectivity index (χ2v) is 10.9. The van der Waals surface area contributed by atoms with Crippen LogP contribution >= 0.6 is 0 Å². The van der Waals surface area contributed by atoms with E-state index in [-0.39, 0.29) is 17.3 Å². The topological polar surface area (TPSA) is 170 Å². The Morgan fingerprint density at radius 1 is 0.854 bits per heavy atom. The summed E-state index contributed by atoms with van der Waals surface area (Å²) in [5.41, 5.74) is 0. The van der Waals surface area contributed by atoms with Gasteiger partial charge in [0.25, 0.3) is 0 Å². The molecule has 0 aliphatic carbocycles. The van der Waals surface area contributed by atoms with E-state index in [2.05, 4.69) is 0 Å². The second-order valence-electron chi connectivity index (χ2n) is 9.26. The molecule has 224 valence electrons. The SMILES string of the molecule is CC(=O)OC[C@H]1O[C@@H](Oc2ccccc2OS(=O)(=O)C[C@H]2C=C[N+](C)=C2)C(OC(C)=O)[C@@H](OC(C)=O)[C@H]1OC(C)=O. The zero-order chi connectivity index (χ0) is 30.3. The monoisotopic (exact) mass is 598 g/mol. The molecule has 2 aliphatic rings. The first-order valence-electron chi connectivity index (χ1n) is 12.5. The standard InChI is InChI=1S/C26H32NO13S/c1-15(28)34-13-22-23(35-16(2)29)24(36-17(3)30)25(37-18(4)31)26(39-22)38-20-8-6-7-9-21(20)40-41(32,33)14-19-10-11-27(5)12-19/h6-12,19,22-26H,13-14H2,1-5H3/q+1/t19-,22+,23-,24-,25?,26+/m0/s1. The first kappa shape index (κ1) is 31.5. The molecule has 0 spiro atoms. The zero-order valence-electron chi connectivity index (χ0n) is 23.1. The minimum atomic E-state index is -4.11. The summed E-state index contributed by atoms with van der Waals surface area (Å²) in [5, 5.41) is 0. The highest BCUT2D eigenvalue weighted by Gasteiger charge is 2.53. The Kier molecular flexibility index (Phi) is 10.5. The Bertz CT molecular complexity index is 1320. The highest BCUT2D eigenvalue weighted by atomic mass is 32.2. The number of ether oxygens (including phenoxy) is 6. The van der Waals surface area contributed by atoms with Crippen LogP contribution in [0.15, 0.2) is 36.5 Å². The molecule has 0 radical (unpaired) electrons. The number of hydrogen-bond acceptors (Lipinski definition) is 13. The van der Waals surface area contributed by atoms with Crippen molar-refractivity contribution in [3.63, 3.8) is 0 Å². The summed E-state index contributed by atoms with van der Waals surface area (Å²) in [6.45, 7) is 3.97. The molecule has 1 aromatic carbocycles. The number of benzene rings is 1. The molecule has 0 aromatic heterocycles. The van der Waals surface area contributed by atoms with E-state index in [0.29, 0.717) is 0 Å². The summed E-state index contributed by atoms with van der Waals surface area (Å²) in [5.74, 6) is -4.16. The molecule has 41 heavy (non-hydrogen) atoms. The van der Waals surface area contributed by atoms with Gasteiger partial charge < -0.3 is 32.6 Å². The molecule has 14 nitrogen and oxygen atoms in total. The van der Waals surface area contributed by atoms with Crippen LogP contribution in [0.1, 0.15) is 27.7 Å². The average molecular weight is 599 g/mol. The molecule has 0 N–H and O–H groups in total. The van der Waals surface area contributed by atoms with E-state index in [9.17, 15) is 27.6 Å². The molecule has 3 rings (SSSR count). The van der Waals surface area contributed by atoms with Crippen molar-refractivity contribution >= 4 is 40.2 Å². The molecule has 2 heterocycles. The third-order valence-electron chi connectivity index (χ3n) is 5.65. The van der Waals surface area contributed by atoms with Gasteiger partial charge in [-0.1, -0.05) is 12.1 Å². The van der Waals surface area contributed by atoms with Crippen LogP contribution in [-0.4, -0.2) is 93.2 Å². The lowest BCUT2D eigenvalue weighted by Crippen LogP contribution is -2.63. The summed E-state index contributed by atoms with van der Waals surface area (Å²) in [4.78, 5) is 47.5. The molecule has 0 bridgehead atoms. The maximum absolute atomic E-state index is 12.8. The Hall–Kier alpha value is -3.98. The van der Waals surface area contributed by atoms with Crippen LogP contribution < -0.4 is 8.92 Å². The van der Waals surface area contributed by atoms with Gasteiger partial charge in [0.05, 0.1) is 5.92 Å². The predicted octanol–water partition coefficient (Wildman–Crippen LogP) is 0.714. The van der Waals surface area contributed by atoms with Gasteiger partial charge in [0.2, 0.25) is 12.4 Å². The van der Waals surface area contributed by atoms with Gasteiger partial charge in [0.1, 0.15) is 25.5 Å². The molecule has 0 saturated carbocycles. The number of para-hydroxylation sites is 2. The molecule has 1 unspecified atom stereocenters. The van der Waals surface area contributed by atoms with E-state index >= 15 is 0 Å². The normalized spacial score (nSPS) is 25.4. The van der Waals surface area contributed by atoms with Crippen LogP contribution in [0.5, 0.6) is 11.5 Å². The Balaban J connectivity index is 1.95. The summed E-state index contributed by atoms with van der Waals surface area (Å²) in [6.07, 6.45) is -2.01. The van der Waals surface area contributed by atoms with Crippen LogP contribution in [0, 0.1) is 5.92 Å². The third-order valence-corrected chi connectivity index (χ3v) is 6.88. The van der Waals surface area contributed by atoms with Gasteiger partial charge in [-0.05, 0) is 18.2 Å². The van der Waals surface area contributed by atoms with Crippen LogP contribution in [0.25, 0.3) is 0 Å². The van der Waals surface area contributed by atoms with Crippen molar-refractivity contribution in [1.29, 1.82) is 0 Å². The maximum Gasteiger partial charge on any atom is 0.310 e. The lowest BCUT2D eigenvalue weighted by molar-refractivity contribution is -0.414. The summed E-state index contributed by atoms with van der Waals surface area (Å²) >= 11 is 0. The van der Waals surface area contributed by atoms with E-state index in [4.69, 9.17) is 32.6 Å². The van der Waals surface area contributed by atoms with Crippen LogP contribution in [0.4, 0.5) is 0 Å². The number of esters is 4. The van der Waals surface area contributed by atoms with Gasteiger partial charge in [0.15, 0.2) is 36.1 Å². The molecule has 15 heteroatoms. The maximum atomic E-state index is 12.8. The minimum absolute atomic E-state index is 0.125. The average Bonchev–Trinajstić information content (AvgIpc) is 3.25.